The van der Waals surface area contributed by atoms with E-state index in [0.717, 1.165) is 29.5 Å². The molecule has 82 valence electrons. The van der Waals surface area contributed by atoms with E-state index >= 15 is 0 Å². The maximum absolute atomic E-state index is 5.98. The third-order valence-corrected chi connectivity index (χ3v) is 3.05. The van der Waals surface area contributed by atoms with Crippen LogP contribution in [0.15, 0.2) is 30.5 Å². The number of nitrogens with one attached hydrogen (secondary N) is 1. The van der Waals surface area contributed by atoms with Crippen LogP contribution < -0.4 is 5.32 Å². The second-order valence-corrected chi connectivity index (χ2v) is 4.38. The molecule has 0 saturated heterocycles. The number of aryl methyl sites for hydroxylation is 1. The monoisotopic (exact) mass is 233 g/mol. The van der Waals surface area contributed by atoms with Crippen LogP contribution >= 0.6 is 11.6 Å². The van der Waals surface area contributed by atoms with Crippen molar-refractivity contribution in [2.45, 2.75) is 12.8 Å². The Labute approximate surface area is 99.0 Å². The highest BCUT2D eigenvalue weighted by atomic mass is 35.5. The normalized spacial score (nSPS) is 14.3. The van der Waals surface area contributed by atoms with Gasteiger partial charge in [-0.15, -0.1) is 0 Å². The number of halogens is 1. The van der Waals surface area contributed by atoms with Crippen molar-refractivity contribution in [1.29, 1.82) is 0 Å². The van der Waals surface area contributed by atoms with Crippen LogP contribution in [0.2, 0.25) is 5.02 Å². The lowest BCUT2D eigenvalue weighted by molar-refractivity contribution is 0.806. The summed E-state index contributed by atoms with van der Waals surface area (Å²) in [6, 6.07) is 7.74. The molecule has 2 heterocycles. The van der Waals surface area contributed by atoms with Crippen molar-refractivity contribution in [2.75, 3.05) is 11.9 Å². The van der Waals surface area contributed by atoms with E-state index in [1.165, 1.54) is 12.0 Å². The molecule has 0 fully saturated rings. The third kappa shape index (κ3) is 1.57. The van der Waals surface area contributed by atoms with Crippen molar-refractivity contribution in [3.63, 3.8) is 0 Å². The van der Waals surface area contributed by atoms with Crippen molar-refractivity contribution in [3.05, 3.63) is 41.0 Å². The zero-order valence-electron chi connectivity index (χ0n) is 8.78. The highest BCUT2D eigenvalue weighted by molar-refractivity contribution is 6.30. The molecule has 0 atom stereocenters. The minimum atomic E-state index is 0.734. The third-order valence-electron chi connectivity index (χ3n) is 2.81. The van der Waals surface area contributed by atoms with Gasteiger partial charge in [0.25, 0.3) is 0 Å². The van der Waals surface area contributed by atoms with E-state index in [9.17, 15) is 0 Å². The Bertz CT molecular complexity index is 519. The number of benzene rings is 1. The van der Waals surface area contributed by atoms with E-state index in [2.05, 4.69) is 10.4 Å². The molecule has 1 aromatic carbocycles. The van der Waals surface area contributed by atoms with Crippen molar-refractivity contribution in [3.8, 4) is 5.69 Å². The minimum Gasteiger partial charge on any atom is -0.370 e. The number of aromatic nitrogens is 2. The molecule has 2 aromatic rings. The summed E-state index contributed by atoms with van der Waals surface area (Å²) in [6.45, 7) is 1.01. The summed E-state index contributed by atoms with van der Waals surface area (Å²) in [5.74, 6) is 1.11. The number of rotatable bonds is 1. The molecule has 16 heavy (non-hydrogen) atoms. The predicted molar refractivity (Wildman–Crippen MR) is 65.4 cm³/mol. The fourth-order valence-corrected chi connectivity index (χ4v) is 2.23. The van der Waals surface area contributed by atoms with Crippen LogP contribution in [0.5, 0.6) is 0 Å². The molecule has 1 aliphatic rings. The summed E-state index contributed by atoms with van der Waals surface area (Å²) < 4.78 is 1.92. The van der Waals surface area contributed by atoms with Gasteiger partial charge in [0.2, 0.25) is 0 Å². The average molecular weight is 234 g/mol. The van der Waals surface area contributed by atoms with Crippen LogP contribution in [0, 0.1) is 0 Å². The van der Waals surface area contributed by atoms with Gasteiger partial charge < -0.3 is 5.32 Å². The summed E-state index contributed by atoms with van der Waals surface area (Å²) in [7, 11) is 0. The molecule has 3 rings (SSSR count). The standard InChI is InChI=1S/C12H12ClN3/c13-10-4-1-5-11(7-10)16-12-9(8-15-16)3-2-6-14-12/h1,4-5,7-8,14H,2-3,6H2. The molecule has 0 unspecified atom stereocenters. The Morgan fingerprint density at radius 3 is 3.19 bits per heavy atom. The number of hydrogen-bond donors (Lipinski definition) is 1. The molecule has 0 saturated carbocycles. The Hall–Kier alpha value is -1.48. The molecular weight excluding hydrogens is 222 g/mol. The SMILES string of the molecule is Clc1cccc(-n2ncc3c2NCCC3)c1. The van der Waals surface area contributed by atoms with E-state index in [4.69, 9.17) is 11.6 Å². The Morgan fingerprint density at radius 2 is 2.31 bits per heavy atom. The summed E-state index contributed by atoms with van der Waals surface area (Å²) in [5.41, 5.74) is 2.29. The molecule has 0 radical (unpaired) electrons. The Morgan fingerprint density at radius 1 is 1.38 bits per heavy atom. The van der Waals surface area contributed by atoms with Gasteiger partial charge in [-0.05, 0) is 31.0 Å². The number of nitrogens with zero attached hydrogens (tertiary/aromatic N) is 2. The number of fused-ring (bicyclic) bond motifs is 1. The first-order chi connectivity index (χ1) is 7.84. The van der Waals surface area contributed by atoms with E-state index < -0.39 is 0 Å². The summed E-state index contributed by atoms with van der Waals surface area (Å²) in [4.78, 5) is 0. The van der Waals surface area contributed by atoms with Crippen molar-refractivity contribution in [1.82, 2.24) is 9.78 Å². The first-order valence-electron chi connectivity index (χ1n) is 5.41. The molecule has 1 N–H and O–H groups in total. The van der Waals surface area contributed by atoms with Crippen LogP contribution in [0.4, 0.5) is 5.82 Å². The molecule has 0 aliphatic carbocycles. The quantitative estimate of drug-likeness (QED) is 0.821. The van der Waals surface area contributed by atoms with Gasteiger partial charge in [0.15, 0.2) is 0 Å². The van der Waals surface area contributed by atoms with Crippen LogP contribution in [0.1, 0.15) is 12.0 Å². The lowest BCUT2D eigenvalue weighted by Crippen LogP contribution is -2.14. The zero-order valence-corrected chi connectivity index (χ0v) is 9.54. The van der Waals surface area contributed by atoms with Crippen LogP contribution in [-0.4, -0.2) is 16.3 Å². The molecule has 3 nitrogen and oxygen atoms in total. The molecule has 4 heteroatoms. The topological polar surface area (TPSA) is 29.9 Å². The lowest BCUT2D eigenvalue weighted by Gasteiger charge is -2.16. The van der Waals surface area contributed by atoms with Crippen molar-refractivity contribution < 1.29 is 0 Å². The Kier molecular flexibility index (Phi) is 2.33. The van der Waals surface area contributed by atoms with Gasteiger partial charge in [0.05, 0.1) is 11.9 Å². The average Bonchev–Trinajstić information content (AvgIpc) is 2.72. The first-order valence-corrected chi connectivity index (χ1v) is 5.79. The highest BCUT2D eigenvalue weighted by Crippen LogP contribution is 2.25. The van der Waals surface area contributed by atoms with Gasteiger partial charge in [0.1, 0.15) is 5.82 Å². The molecule has 1 aliphatic heterocycles. The van der Waals surface area contributed by atoms with Gasteiger partial charge in [0, 0.05) is 17.1 Å². The maximum Gasteiger partial charge on any atom is 0.132 e. The predicted octanol–water partition coefficient (Wildman–Crippen LogP) is 2.88. The molecule has 1 aromatic heterocycles. The largest absolute Gasteiger partial charge is 0.370 e. The minimum absolute atomic E-state index is 0.734. The van der Waals surface area contributed by atoms with E-state index in [1.54, 1.807) is 0 Å². The van der Waals surface area contributed by atoms with Gasteiger partial charge in [-0.1, -0.05) is 17.7 Å². The molecular formula is C12H12ClN3. The second kappa shape index (κ2) is 3.83. The highest BCUT2D eigenvalue weighted by Gasteiger charge is 2.15. The van der Waals surface area contributed by atoms with Gasteiger partial charge in [-0.25, -0.2) is 4.68 Å². The Balaban J connectivity index is 2.09. The first kappa shape index (κ1) is 9.73. The van der Waals surface area contributed by atoms with Gasteiger partial charge in [-0.2, -0.15) is 5.10 Å². The molecule has 0 amide bonds. The van der Waals surface area contributed by atoms with Crippen LogP contribution in [-0.2, 0) is 6.42 Å². The lowest BCUT2D eigenvalue weighted by atomic mass is 10.1. The van der Waals surface area contributed by atoms with Gasteiger partial charge in [-0.3, -0.25) is 0 Å². The van der Waals surface area contributed by atoms with E-state index in [0.29, 0.717) is 0 Å². The number of hydrogen-bond acceptors (Lipinski definition) is 2. The van der Waals surface area contributed by atoms with Crippen LogP contribution in [0.25, 0.3) is 5.69 Å². The summed E-state index contributed by atoms with van der Waals surface area (Å²) in [5, 5.41) is 8.53. The molecule has 0 bridgehead atoms. The van der Waals surface area contributed by atoms with E-state index in [-0.39, 0.29) is 0 Å². The zero-order chi connectivity index (χ0) is 11.0. The summed E-state index contributed by atoms with van der Waals surface area (Å²) >= 11 is 5.98. The van der Waals surface area contributed by atoms with Crippen molar-refractivity contribution >= 4 is 17.4 Å². The van der Waals surface area contributed by atoms with Gasteiger partial charge >= 0.3 is 0 Å². The fraction of sp³-hybridized carbons (Fsp3) is 0.250. The second-order valence-electron chi connectivity index (χ2n) is 3.94. The smallest absolute Gasteiger partial charge is 0.132 e. The van der Waals surface area contributed by atoms with E-state index in [1.807, 2.05) is 35.1 Å². The number of anilines is 1. The summed E-state index contributed by atoms with van der Waals surface area (Å²) in [6.07, 6.45) is 4.21. The fourth-order valence-electron chi connectivity index (χ4n) is 2.04. The van der Waals surface area contributed by atoms with Crippen LogP contribution in [0.3, 0.4) is 0 Å². The molecule has 0 spiro atoms. The maximum atomic E-state index is 5.98. The van der Waals surface area contributed by atoms with Crippen molar-refractivity contribution in [2.24, 2.45) is 0 Å².